The number of likely N-dealkylation sites (tertiary alicyclic amines) is 1. The summed E-state index contributed by atoms with van der Waals surface area (Å²) in [4.78, 5) is 27.5. The second-order valence-corrected chi connectivity index (χ2v) is 10.1. The number of amides is 1. The number of fused-ring (bicyclic) bond motifs is 2. The van der Waals surface area contributed by atoms with Gasteiger partial charge in [-0.3, -0.25) is 14.3 Å². The lowest BCUT2D eigenvalue weighted by Crippen LogP contribution is -2.56. The third kappa shape index (κ3) is 4.67. The molecular weight excluding hydrogens is 458 g/mol. The fourth-order valence-corrected chi connectivity index (χ4v) is 6.13. The molecule has 1 saturated heterocycles. The van der Waals surface area contributed by atoms with E-state index in [0.717, 1.165) is 48.9 Å². The van der Waals surface area contributed by atoms with E-state index in [-0.39, 0.29) is 30.2 Å². The quantitative estimate of drug-likeness (QED) is 0.509. The van der Waals surface area contributed by atoms with Gasteiger partial charge in [-0.05, 0) is 55.5 Å². The highest BCUT2D eigenvalue weighted by Gasteiger charge is 2.49. The number of methoxy groups -OCH3 is 1. The molecule has 0 radical (unpaired) electrons. The van der Waals surface area contributed by atoms with Crippen molar-refractivity contribution in [2.24, 2.45) is 5.92 Å². The van der Waals surface area contributed by atoms with Crippen LogP contribution in [0.1, 0.15) is 57.1 Å². The molecule has 1 aromatic heterocycles. The molecule has 0 bridgehead atoms. The highest BCUT2D eigenvalue weighted by molar-refractivity contribution is 5.94. The summed E-state index contributed by atoms with van der Waals surface area (Å²) in [6, 6.07) is 13.3. The lowest BCUT2D eigenvalue weighted by molar-refractivity contribution is -0.135. The molecule has 1 aliphatic carbocycles. The van der Waals surface area contributed by atoms with Crippen molar-refractivity contribution in [2.45, 2.75) is 63.6 Å². The van der Waals surface area contributed by atoms with E-state index in [9.17, 15) is 14.7 Å². The Morgan fingerprint density at radius 2 is 2.00 bits per heavy atom. The number of nitrogens with one attached hydrogen (secondary N) is 1. The predicted octanol–water partition coefficient (Wildman–Crippen LogP) is 4.32. The summed E-state index contributed by atoms with van der Waals surface area (Å²) < 4.78 is 12.3. The Kier molecular flexibility index (Phi) is 6.90. The second-order valence-electron chi connectivity index (χ2n) is 10.1. The maximum Gasteiger partial charge on any atom is 0.419 e. The van der Waals surface area contributed by atoms with Crippen molar-refractivity contribution in [3.63, 3.8) is 0 Å². The Balaban J connectivity index is 1.36. The molecule has 2 N–H and O–H groups in total. The van der Waals surface area contributed by atoms with E-state index in [1.165, 1.54) is 0 Å². The number of piperidine rings is 1. The van der Waals surface area contributed by atoms with E-state index in [1.807, 2.05) is 37.3 Å². The van der Waals surface area contributed by atoms with Crippen LogP contribution in [0.2, 0.25) is 0 Å². The van der Waals surface area contributed by atoms with Gasteiger partial charge in [0.05, 0.1) is 24.8 Å². The first-order valence-corrected chi connectivity index (χ1v) is 13.0. The average molecular weight is 494 g/mol. The van der Waals surface area contributed by atoms with E-state index in [4.69, 9.17) is 9.15 Å². The number of hydrogen-bond acceptors (Lipinski definition) is 6. The number of nitrogens with zero attached hydrogens (tertiary/aromatic N) is 2. The van der Waals surface area contributed by atoms with Crippen LogP contribution in [0.25, 0.3) is 11.1 Å². The van der Waals surface area contributed by atoms with Crippen LogP contribution < -0.4 is 15.8 Å². The maximum atomic E-state index is 13.2. The zero-order valence-electron chi connectivity index (χ0n) is 21.0. The van der Waals surface area contributed by atoms with Crippen molar-refractivity contribution in [1.82, 2.24) is 9.47 Å². The number of rotatable bonds is 7. The van der Waals surface area contributed by atoms with E-state index in [1.54, 1.807) is 23.8 Å². The van der Waals surface area contributed by atoms with Crippen molar-refractivity contribution >= 4 is 22.7 Å². The van der Waals surface area contributed by atoms with Crippen molar-refractivity contribution in [1.29, 1.82) is 0 Å². The lowest BCUT2D eigenvalue weighted by Gasteiger charge is -2.52. The van der Waals surface area contributed by atoms with Crippen LogP contribution in [0, 0.1) is 5.92 Å². The first kappa shape index (κ1) is 24.6. The van der Waals surface area contributed by atoms with E-state index in [2.05, 4.69) is 10.2 Å². The van der Waals surface area contributed by atoms with Crippen LogP contribution >= 0.6 is 0 Å². The molecule has 2 heterocycles. The van der Waals surface area contributed by atoms with Gasteiger partial charge in [-0.1, -0.05) is 31.9 Å². The molecule has 3 atom stereocenters. The van der Waals surface area contributed by atoms with Gasteiger partial charge in [-0.15, -0.1) is 0 Å². The minimum absolute atomic E-state index is 0.0516. The van der Waals surface area contributed by atoms with E-state index < -0.39 is 5.60 Å². The molecular formula is C28H35N3O5. The number of anilines is 1. The highest BCUT2D eigenvalue weighted by Crippen LogP contribution is 2.49. The van der Waals surface area contributed by atoms with Crippen molar-refractivity contribution in [3.8, 4) is 5.75 Å². The first-order valence-electron chi connectivity index (χ1n) is 13.0. The average Bonchev–Trinajstić information content (AvgIpc) is 3.18. The van der Waals surface area contributed by atoms with Gasteiger partial charge in [0.15, 0.2) is 5.58 Å². The molecule has 2 fully saturated rings. The number of hydrogen-bond donors (Lipinski definition) is 2. The van der Waals surface area contributed by atoms with Gasteiger partial charge in [0.1, 0.15) is 5.75 Å². The first-order chi connectivity index (χ1) is 17.4. The number of aryl methyl sites for hydroxylation is 1. The summed E-state index contributed by atoms with van der Waals surface area (Å²) >= 11 is 0. The van der Waals surface area contributed by atoms with E-state index >= 15 is 0 Å². The van der Waals surface area contributed by atoms with Gasteiger partial charge in [-0.25, -0.2) is 4.79 Å². The van der Waals surface area contributed by atoms with E-state index in [0.29, 0.717) is 30.8 Å². The molecule has 36 heavy (non-hydrogen) atoms. The number of aliphatic hydroxyl groups is 1. The Morgan fingerprint density at radius 1 is 1.19 bits per heavy atom. The Labute approximate surface area is 210 Å². The summed E-state index contributed by atoms with van der Waals surface area (Å²) in [5.41, 5.74) is 2.19. The summed E-state index contributed by atoms with van der Waals surface area (Å²) in [5.74, 6) is 0.341. The fraction of sp³-hybridized carbons (Fsp3) is 0.500. The summed E-state index contributed by atoms with van der Waals surface area (Å²) in [6.07, 6.45) is 5.38. The molecule has 8 heteroatoms. The Hall–Kier alpha value is -3.10. The van der Waals surface area contributed by atoms with Gasteiger partial charge in [0.25, 0.3) is 0 Å². The van der Waals surface area contributed by atoms with Crippen molar-refractivity contribution in [2.75, 3.05) is 25.5 Å². The van der Waals surface area contributed by atoms with Crippen LogP contribution in [0.4, 0.5) is 5.69 Å². The number of carbonyl (C=O) groups is 1. The third-order valence-electron chi connectivity index (χ3n) is 7.87. The van der Waals surface area contributed by atoms with Gasteiger partial charge in [0.2, 0.25) is 5.91 Å². The second kappa shape index (κ2) is 10.1. The standard InChI is InChI=1S/C28H35N3O5/c1-3-15-31-23-12-9-20(17-24(23)36-27(31)33)29-25(32)18-30-16-14-28(34)13-5-4-6-22(28)26(30)19-7-10-21(35-2)11-8-19/h7-12,17,22,26,34H,3-6,13-16,18H2,1-2H3,(H,29,32)/t22-,26-,28-/m1/s1. The molecule has 1 saturated carbocycles. The van der Waals surface area contributed by atoms with Gasteiger partial charge >= 0.3 is 5.76 Å². The molecule has 1 amide bonds. The van der Waals surface area contributed by atoms with Crippen LogP contribution in [-0.2, 0) is 11.3 Å². The molecule has 2 aliphatic rings. The van der Waals surface area contributed by atoms with Crippen LogP contribution in [0.5, 0.6) is 5.75 Å². The van der Waals surface area contributed by atoms with Crippen molar-refractivity contribution < 1.29 is 19.1 Å². The third-order valence-corrected chi connectivity index (χ3v) is 7.87. The number of benzene rings is 2. The monoisotopic (exact) mass is 493 g/mol. The van der Waals surface area contributed by atoms with Crippen molar-refractivity contribution in [3.05, 3.63) is 58.6 Å². The van der Waals surface area contributed by atoms with Crippen LogP contribution in [0.15, 0.2) is 51.7 Å². The number of oxazole rings is 1. The maximum absolute atomic E-state index is 13.2. The molecule has 1 aliphatic heterocycles. The minimum atomic E-state index is -0.690. The largest absolute Gasteiger partial charge is 0.497 e. The van der Waals surface area contributed by atoms with Gasteiger partial charge in [0, 0.05) is 36.8 Å². The minimum Gasteiger partial charge on any atom is -0.497 e. The summed E-state index contributed by atoms with van der Waals surface area (Å²) in [5, 5.41) is 14.5. The summed E-state index contributed by atoms with van der Waals surface area (Å²) in [7, 11) is 1.65. The van der Waals surface area contributed by atoms with Gasteiger partial charge in [-0.2, -0.15) is 0 Å². The Morgan fingerprint density at radius 3 is 2.75 bits per heavy atom. The summed E-state index contributed by atoms with van der Waals surface area (Å²) in [6.45, 7) is 3.45. The molecule has 0 spiro atoms. The number of carbonyl (C=O) groups excluding carboxylic acids is 1. The molecule has 2 aromatic carbocycles. The van der Waals surface area contributed by atoms with Crippen LogP contribution in [0.3, 0.4) is 0 Å². The lowest BCUT2D eigenvalue weighted by atomic mass is 9.66. The number of aromatic nitrogens is 1. The smallest absolute Gasteiger partial charge is 0.419 e. The highest BCUT2D eigenvalue weighted by atomic mass is 16.5. The topological polar surface area (TPSA) is 96.9 Å². The molecule has 192 valence electrons. The molecule has 5 rings (SSSR count). The predicted molar refractivity (Wildman–Crippen MR) is 138 cm³/mol. The molecule has 3 aromatic rings. The Bertz CT molecular complexity index is 1280. The number of ether oxygens (including phenoxy) is 1. The zero-order chi connectivity index (χ0) is 25.3. The SMILES string of the molecule is CCCn1c(=O)oc2cc(NC(=O)CN3CC[C@]4(O)CCCC[C@@H]4[C@H]3c3ccc(OC)cc3)ccc21. The fourth-order valence-electron chi connectivity index (χ4n) is 6.13. The molecule has 0 unspecified atom stereocenters. The molecule has 8 nitrogen and oxygen atoms in total. The zero-order valence-corrected chi connectivity index (χ0v) is 21.0. The van der Waals surface area contributed by atoms with Gasteiger partial charge < -0.3 is 19.6 Å². The normalized spacial score (nSPS) is 24.4. The van der Waals surface area contributed by atoms with Crippen LogP contribution in [-0.4, -0.2) is 46.3 Å².